The zero-order chi connectivity index (χ0) is 19.4. The van der Waals surface area contributed by atoms with Crippen molar-refractivity contribution in [2.45, 2.75) is 19.9 Å². The first-order valence-corrected chi connectivity index (χ1v) is 10.5. The molecule has 29 heavy (non-hydrogen) atoms. The van der Waals surface area contributed by atoms with Gasteiger partial charge >= 0.3 is 0 Å². The number of rotatable bonds is 2. The standard InChI is InChI=1S/C26H23N3/c1-2-29-14-13-20-22(16-29)26(21-15-27-23-10-6-5-9-19(21)23)28-24-12-11-17-7-3-4-8-18(17)25(20)24/h3-12,15,27H,2,13-14,16H2,1H3. The molecule has 1 aliphatic rings. The summed E-state index contributed by atoms with van der Waals surface area (Å²) in [7, 11) is 0. The number of fused-ring (bicyclic) bond motifs is 6. The van der Waals surface area contributed by atoms with Gasteiger partial charge in [0.25, 0.3) is 0 Å². The van der Waals surface area contributed by atoms with E-state index in [1.165, 1.54) is 43.8 Å². The highest BCUT2D eigenvalue weighted by Crippen LogP contribution is 2.39. The number of nitrogens with one attached hydrogen (secondary N) is 1. The zero-order valence-corrected chi connectivity index (χ0v) is 16.6. The number of hydrogen-bond donors (Lipinski definition) is 1. The van der Waals surface area contributed by atoms with E-state index in [0.717, 1.165) is 37.3 Å². The van der Waals surface area contributed by atoms with Crippen LogP contribution in [0.25, 0.3) is 43.8 Å². The lowest BCUT2D eigenvalue weighted by Gasteiger charge is -2.30. The molecule has 3 heterocycles. The van der Waals surface area contributed by atoms with Gasteiger partial charge in [-0.2, -0.15) is 0 Å². The number of benzene rings is 3. The fourth-order valence-corrected chi connectivity index (χ4v) is 4.93. The van der Waals surface area contributed by atoms with Crippen LogP contribution < -0.4 is 0 Å². The van der Waals surface area contributed by atoms with Gasteiger partial charge in [-0.25, -0.2) is 4.98 Å². The normalized spacial score (nSPS) is 14.7. The summed E-state index contributed by atoms with van der Waals surface area (Å²) >= 11 is 0. The Balaban J connectivity index is 1.72. The van der Waals surface area contributed by atoms with Crippen molar-refractivity contribution < 1.29 is 0 Å². The number of aromatic nitrogens is 2. The highest BCUT2D eigenvalue weighted by atomic mass is 15.1. The molecule has 1 aliphatic heterocycles. The number of H-pyrrole nitrogens is 1. The van der Waals surface area contributed by atoms with Crippen LogP contribution in [0.3, 0.4) is 0 Å². The second-order valence-corrected chi connectivity index (χ2v) is 7.97. The summed E-state index contributed by atoms with van der Waals surface area (Å²) in [6.07, 6.45) is 3.20. The minimum absolute atomic E-state index is 0.965. The van der Waals surface area contributed by atoms with E-state index >= 15 is 0 Å². The van der Waals surface area contributed by atoms with Crippen LogP contribution in [0, 0.1) is 0 Å². The molecule has 3 nitrogen and oxygen atoms in total. The lowest BCUT2D eigenvalue weighted by Crippen LogP contribution is -2.31. The minimum Gasteiger partial charge on any atom is -0.360 e. The Morgan fingerprint density at radius 1 is 0.931 bits per heavy atom. The van der Waals surface area contributed by atoms with E-state index in [2.05, 4.69) is 83.7 Å². The van der Waals surface area contributed by atoms with Crippen LogP contribution in [0.2, 0.25) is 0 Å². The van der Waals surface area contributed by atoms with Gasteiger partial charge in [-0.05, 0) is 47.0 Å². The molecule has 3 aromatic carbocycles. The number of likely N-dealkylation sites (N-methyl/N-ethyl adjacent to an activating group) is 1. The molecule has 5 aromatic rings. The molecule has 0 saturated carbocycles. The van der Waals surface area contributed by atoms with E-state index in [4.69, 9.17) is 4.98 Å². The van der Waals surface area contributed by atoms with E-state index in [1.807, 2.05) is 0 Å². The quantitative estimate of drug-likeness (QED) is 0.388. The SMILES string of the molecule is CCN1CCc2c(c(-c3c[nH]c4ccccc34)nc3ccc4ccccc4c23)C1. The number of nitrogens with zero attached hydrogens (tertiary/aromatic N) is 2. The maximum atomic E-state index is 5.25. The third-order valence-corrected chi connectivity index (χ3v) is 6.44. The van der Waals surface area contributed by atoms with Gasteiger partial charge in [0.1, 0.15) is 0 Å². The molecule has 3 heteroatoms. The Hall–Kier alpha value is -3.17. The van der Waals surface area contributed by atoms with Crippen LogP contribution in [-0.4, -0.2) is 28.0 Å². The molecule has 142 valence electrons. The molecule has 0 fully saturated rings. The summed E-state index contributed by atoms with van der Waals surface area (Å²) in [5.41, 5.74) is 7.50. The molecule has 0 aliphatic carbocycles. The molecule has 0 spiro atoms. The molecule has 6 rings (SSSR count). The molecule has 0 atom stereocenters. The number of para-hydroxylation sites is 1. The summed E-state index contributed by atoms with van der Waals surface area (Å²) < 4.78 is 0. The van der Waals surface area contributed by atoms with E-state index in [9.17, 15) is 0 Å². The molecular formula is C26H23N3. The largest absolute Gasteiger partial charge is 0.360 e. The second kappa shape index (κ2) is 6.43. The molecule has 0 bridgehead atoms. The van der Waals surface area contributed by atoms with Crippen molar-refractivity contribution in [3.63, 3.8) is 0 Å². The van der Waals surface area contributed by atoms with Gasteiger partial charge in [0, 0.05) is 41.1 Å². The third-order valence-electron chi connectivity index (χ3n) is 6.44. The smallest absolute Gasteiger partial charge is 0.0778 e. The molecular weight excluding hydrogens is 354 g/mol. The van der Waals surface area contributed by atoms with Crippen LogP contribution >= 0.6 is 0 Å². The monoisotopic (exact) mass is 377 g/mol. The van der Waals surface area contributed by atoms with Crippen LogP contribution in [0.15, 0.2) is 66.9 Å². The van der Waals surface area contributed by atoms with E-state index in [-0.39, 0.29) is 0 Å². The number of pyridine rings is 1. The molecule has 0 saturated heterocycles. The Morgan fingerprint density at radius 2 is 1.76 bits per heavy atom. The van der Waals surface area contributed by atoms with Gasteiger partial charge in [-0.1, -0.05) is 55.5 Å². The van der Waals surface area contributed by atoms with Crippen molar-refractivity contribution in [2.75, 3.05) is 13.1 Å². The van der Waals surface area contributed by atoms with Crippen molar-refractivity contribution in [3.05, 3.63) is 78.0 Å². The van der Waals surface area contributed by atoms with E-state index in [1.54, 1.807) is 0 Å². The summed E-state index contributed by atoms with van der Waals surface area (Å²) in [5.74, 6) is 0. The summed E-state index contributed by atoms with van der Waals surface area (Å²) in [6, 6.07) is 21.6. The minimum atomic E-state index is 0.965. The Labute approximate surface area is 170 Å². The summed E-state index contributed by atoms with van der Waals surface area (Å²) in [5, 5.41) is 5.21. The van der Waals surface area contributed by atoms with Gasteiger partial charge in [0.2, 0.25) is 0 Å². The molecule has 0 unspecified atom stereocenters. The summed E-state index contributed by atoms with van der Waals surface area (Å²) in [4.78, 5) is 11.2. The van der Waals surface area contributed by atoms with Gasteiger partial charge < -0.3 is 4.98 Å². The first kappa shape index (κ1) is 16.8. The average molecular weight is 377 g/mol. The lowest BCUT2D eigenvalue weighted by atomic mass is 9.89. The van der Waals surface area contributed by atoms with Crippen LogP contribution in [0.5, 0.6) is 0 Å². The van der Waals surface area contributed by atoms with Gasteiger partial charge in [-0.3, -0.25) is 4.90 Å². The van der Waals surface area contributed by atoms with Gasteiger partial charge in [0.05, 0.1) is 11.2 Å². The predicted molar refractivity (Wildman–Crippen MR) is 121 cm³/mol. The highest BCUT2D eigenvalue weighted by molar-refractivity contribution is 6.09. The second-order valence-electron chi connectivity index (χ2n) is 7.97. The Morgan fingerprint density at radius 3 is 2.66 bits per heavy atom. The first-order chi connectivity index (χ1) is 14.3. The maximum Gasteiger partial charge on any atom is 0.0778 e. The zero-order valence-electron chi connectivity index (χ0n) is 16.6. The van der Waals surface area contributed by atoms with Gasteiger partial charge in [0.15, 0.2) is 0 Å². The lowest BCUT2D eigenvalue weighted by molar-refractivity contribution is 0.269. The Bertz CT molecular complexity index is 1380. The van der Waals surface area contributed by atoms with Crippen molar-refractivity contribution in [1.29, 1.82) is 0 Å². The molecule has 2 aromatic heterocycles. The van der Waals surface area contributed by atoms with Crippen molar-refractivity contribution in [1.82, 2.24) is 14.9 Å². The third kappa shape index (κ3) is 2.51. The van der Waals surface area contributed by atoms with Crippen molar-refractivity contribution >= 4 is 32.6 Å². The van der Waals surface area contributed by atoms with Crippen molar-refractivity contribution in [2.24, 2.45) is 0 Å². The van der Waals surface area contributed by atoms with Crippen molar-refractivity contribution in [3.8, 4) is 11.3 Å². The fourth-order valence-electron chi connectivity index (χ4n) is 4.93. The number of hydrogen-bond acceptors (Lipinski definition) is 2. The predicted octanol–water partition coefficient (Wildman–Crippen LogP) is 5.91. The highest BCUT2D eigenvalue weighted by Gasteiger charge is 2.24. The maximum absolute atomic E-state index is 5.25. The van der Waals surface area contributed by atoms with Crippen LogP contribution in [0.4, 0.5) is 0 Å². The Kier molecular flexibility index (Phi) is 3.71. The first-order valence-electron chi connectivity index (χ1n) is 10.5. The van der Waals surface area contributed by atoms with E-state index in [0.29, 0.717) is 0 Å². The number of aromatic amines is 1. The molecule has 1 N–H and O–H groups in total. The topological polar surface area (TPSA) is 31.9 Å². The molecule has 0 amide bonds. The molecule has 0 radical (unpaired) electrons. The van der Waals surface area contributed by atoms with Crippen LogP contribution in [0.1, 0.15) is 18.1 Å². The fraction of sp³-hybridized carbons (Fsp3) is 0.192. The van der Waals surface area contributed by atoms with E-state index < -0.39 is 0 Å². The average Bonchev–Trinajstić information content (AvgIpc) is 3.21. The van der Waals surface area contributed by atoms with Crippen LogP contribution in [-0.2, 0) is 13.0 Å². The van der Waals surface area contributed by atoms with Gasteiger partial charge in [-0.15, -0.1) is 0 Å². The summed E-state index contributed by atoms with van der Waals surface area (Å²) in [6.45, 7) is 5.40.